The number of nitrogens with zero attached hydrogens (tertiary/aromatic N) is 3. The van der Waals surface area contributed by atoms with E-state index in [2.05, 4.69) is 89.3 Å². The number of allylic oxidation sites excluding steroid dienone is 6. The van der Waals surface area contributed by atoms with Crippen LogP contribution in [-0.2, 0) is 11.2 Å². The minimum Gasteiger partial charge on any atom is -0.510 e. The second-order valence-corrected chi connectivity index (χ2v) is 14.5. The Morgan fingerprint density at radius 1 is 1.15 bits per heavy atom. The summed E-state index contributed by atoms with van der Waals surface area (Å²) in [6, 6.07) is 14.5. The van der Waals surface area contributed by atoms with Crippen molar-refractivity contribution in [2.45, 2.75) is 71.8 Å². The van der Waals surface area contributed by atoms with Gasteiger partial charge in [0, 0.05) is 74.0 Å². The van der Waals surface area contributed by atoms with Gasteiger partial charge in [-0.25, -0.2) is 4.39 Å². The van der Waals surface area contributed by atoms with E-state index in [4.69, 9.17) is 5.73 Å². The lowest BCUT2D eigenvalue weighted by Crippen LogP contribution is -2.60. The zero-order valence-corrected chi connectivity index (χ0v) is 32.8. The molecule has 1 saturated heterocycles. The van der Waals surface area contributed by atoms with Gasteiger partial charge in [0.15, 0.2) is 0 Å². The number of benzene rings is 2. The van der Waals surface area contributed by atoms with Crippen LogP contribution in [0, 0.1) is 5.82 Å². The number of rotatable bonds is 21. The number of nitrogens with one attached hydrogen (secondary N) is 2. The van der Waals surface area contributed by atoms with Crippen molar-refractivity contribution in [1.82, 2.24) is 15.1 Å². The Morgan fingerprint density at radius 3 is 2.50 bits per heavy atom. The van der Waals surface area contributed by atoms with E-state index in [0.717, 1.165) is 82.6 Å². The molecule has 0 radical (unpaired) electrons. The summed E-state index contributed by atoms with van der Waals surface area (Å²) in [6.45, 7) is 25.4. The molecule has 0 aliphatic carbocycles. The molecule has 1 unspecified atom stereocenters. The molecule has 1 amide bonds. The van der Waals surface area contributed by atoms with E-state index < -0.39 is 0 Å². The number of anilines is 2. The highest BCUT2D eigenvalue weighted by molar-refractivity contribution is 5.53. The molecule has 1 fully saturated rings. The summed E-state index contributed by atoms with van der Waals surface area (Å²) in [5.41, 5.74) is 15.2. The SMILES string of the molecule is C=C/C(=C(C)\C(N)=C(/C)O)N1CCC(/C=C\C(=C)Nc2ccc(CCCN(CCNC=O)C3CN(c4ccc(C(C=C)CCC)cc4)C3)c(F)c2)=C(C)C1. The van der Waals surface area contributed by atoms with Crippen molar-refractivity contribution in [2.24, 2.45) is 5.73 Å². The van der Waals surface area contributed by atoms with Crippen molar-refractivity contribution in [3.63, 3.8) is 0 Å². The first-order valence-corrected chi connectivity index (χ1v) is 19.2. The van der Waals surface area contributed by atoms with Crippen molar-refractivity contribution in [1.29, 1.82) is 0 Å². The van der Waals surface area contributed by atoms with Gasteiger partial charge in [-0.3, -0.25) is 9.69 Å². The van der Waals surface area contributed by atoms with Crippen molar-refractivity contribution in [3.05, 3.63) is 143 Å². The molecule has 0 spiro atoms. The monoisotopic (exact) mass is 736 g/mol. The molecule has 2 aliphatic rings. The second kappa shape index (κ2) is 20.4. The number of nitrogens with two attached hydrogens (primary N) is 1. The molecule has 290 valence electrons. The number of halogens is 1. The van der Waals surface area contributed by atoms with Gasteiger partial charge >= 0.3 is 0 Å². The van der Waals surface area contributed by atoms with Crippen LogP contribution < -0.4 is 21.3 Å². The topological polar surface area (TPSA) is 97.1 Å². The maximum Gasteiger partial charge on any atom is 0.207 e. The number of aryl methyl sites for hydroxylation is 1. The van der Waals surface area contributed by atoms with Crippen LogP contribution >= 0.6 is 0 Å². The maximum absolute atomic E-state index is 15.3. The zero-order valence-electron chi connectivity index (χ0n) is 32.8. The summed E-state index contributed by atoms with van der Waals surface area (Å²) in [6.07, 6.45) is 13.1. The van der Waals surface area contributed by atoms with Crippen LogP contribution in [0.15, 0.2) is 126 Å². The van der Waals surface area contributed by atoms with Crippen molar-refractivity contribution < 1.29 is 14.3 Å². The Kier molecular flexibility index (Phi) is 15.8. The quantitative estimate of drug-likeness (QED) is 0.0336. The van der Waals surface area contributed by atoms with E-state index in [1.165, 1.54) is 28.5 Å². The summed E-state index contributed by atoms with van der Waals surface area (Å²) in [4.78, 5) is 18.0. The summed E-state index contributed by atoms with van der Waals surface area (Å²) in [7, 11) is 0. The van der Waals surface area contributed by atoms with Crippen LogP contribution in [-0.4, -0.2) is 73.2 Å². The Hall–Kier alpha value is -5.02. The molecule has 0 bridgehead atoms. The highest BCUT2D eigenvalue weighted by Gasteiger charge is 2.31. The van der Waals surface area contributed by atoms with E-state index in [-0.39, 0.29) is 11.6 Å². The van der Waals surface area contributed by atoms with Crippen LogP contribution in [0.3, 0.4) is 0 Å². The summed E-state index contributed by atoms with van der Waals surface area (Å²) >= 11 is 0. The van der Waals surface area contributed by atoms with Gasteiger partial charge in [-0.2, -0.15) is 0 Å². The van der Waals surface area contributed by atoms with Crippen molar-refractivity contribution in [3.8, 4) is 0 Å². The highest BCUT2D eigenvalue weighted by Crippen LogP contribution is 2.29. The molecule has 9 heteroatoms. The molecule has 2 heterocycles. The van der Waals surface area contributed by atoms with E-state index in [1.807, 2.05) is 31.2 Å². The zero-order chi connectivity index (χ0) is 39.2. The molecule has 54 heavy (non-hydrogen) atoms. The molecular formula is C45H61FN6O2. The lowest BCUT2D eigenvalue weighted by atomic mass is 9.94. The predicted molar refractivity (Wildman–Crippen MR) is 224 cm³/mol. The number of hydrogen-bond donors (Lipinski definition) is 4. The third kappa shape index (κ3) is 11.2. The van der Waals surface area contributed by atoms with E-state index in [1.54, 1.807) is 13.0 Å². The number of carbonyl (C=O) groups is 1. The number of hydrogen-bond acceptors (Lipinski definition) is 7. The first-order valence-electron chi connectivity index (χ1n) is 19.2. The van der Waals surface area contributed by atoms with Crippen LogP contribution in [0.5, 0.6) is 0 Å². The minimum atomic E-state index is -0.235. The smallest absolute Gasteiger partial charge is 0.207 e. The first-order chi connectivity index (χ1) is 26.0. The van der Waals surface area contributed by atoms with Gasteiger partial charge in [0.2, 0.25) is 6.41 Å². The fraction of sp³-hybridized carbons (Fsp3) is 0.400. The lowest BCUT2D eigenvalue weighted by molar-refractivity contribution is -0.109. The molecule has 5 N–H and O–H groups in total. The maximum atomic E-state index is 15.3. The number of aliphatic hydroxyl groups excluding tert-OH is 1. The van der Waals surface area contributed by atoms with Gasteiger partial charge in [-0.05, 0) is 112 Å². The molecule has 8 nitrogen and oxygen atoms in total. The third-order valence-electron chi connectivity index (χ3n) is 10.7. The third-order valence-corrected chi connectivity index (χ3v) is 10.7. The van der Waals surface area contributed by atoms with Crippen molar-refractivity contribution >= 4 is 17.8 Å². The molecule has 2 aromatic rings. The first kappa shape index (κ1) is 41.7. The van der Waals surface area contributed by atoms with Crippen LogP contribution in [0.1, 0.15) is 70.4 Å². The summed E-state index contributed by atoms with van der Waals surface area (Å²) in [5.74, 6) is 0.256. The van der Waals surface area contributed by atoms with E-state index in [0.29, 0.717) is 47.6 Å². The molecular weight excluding hydrogens is 676 g/mol. The fourth-order valence-electron chi connectivity index (χ4n) is 7.33. The molecule has 0 aromatic heterocycles. The van der Waals surface area contributed by atoms with Gasteiger partial charge in [-0.1, -0.05) is 62.4 Å². The number of amides is 1. The second-order valence-electron chi connectivity index (χ2n) is 14.5. The minimum absolute atomic E-state index is 0.0996. The van der Waals surface area contributed by atoms with Crippen LogP contribution in [0.25, 0.3) is 0 Å². The van der Waals surface area contributed by atoms with Crippen molar-refractivity contribution in [2.75, 3.05) is 56.0 Å². The van der Waals surface area contributed by atoms with Gasteiger partial charge < -0.3 is 31.3 Å². The number of carbonyl (C=O) groups excluding carboxylic acids is 1. The molecule has 1 atom stereocenters. The number of aliphatic hydroxyl groups is 1. The van der Waals surface area contributed by atoms with E-state index >= 15 is 4.39 Å². The molecule has 4 rings (SSSR count). The van der Waals surface area contributed by atoms with Gasteiger partial charge in [0.05, 0.1) is 5.70 Å². The van der Waals surface area contributed by atoms with Gasteiger partial charge in [0.25, 0.3) is 0 Å². The van der Waals surface area contributed by atoms with Crippen LogP contribution in [0.2, 0.25) is 0 Å². The Bertz CT molecular complexity index is 1750. The van der Waals surface area contributed by atoms with E-state index in [9.17, 15) is 9.90 Å². The Morgan fingerprint density at radius 2 is 1.89 bits per heavy atom. The lowest BCUT2D eigenvalue weighted by Gasteiger charge is -2.47. The largest absolute Gasteiger partial charge is 0.510 e. The molecule has 2 aliphatic heterocycles. The summed E-state index contributed by atoms with van der Waals surface area (Å²) in [5, 5.41) is 15.9. The Balaban J connectivity index is 1.28. The average molecular weight is 737 g/mol. The molecule has 0 saturated carbocycles. The highest BCUT2D eigenvalue weighted by atomic mass is 19.1. The average Bonchev–Trinajstić information content (AvgIpc) is 3.13. The normalized spacial score (nSPS) is 16.5. The predicted octanol–water partition coefficient (Wildman–Crippen LogP) is 8.48. The fourth-order valence-corrected chi connectivity index (χ4v) is 7.33. The summed E-state index contributed by atoms with van der Waals surface area (Å²) < 4.78 is 15.3. The van der Waals surface area contributed by atoms with Gasteiger partial charge in [-0.15, -0.1) is 6.58 Å². The van der Waals surface area contributed by atoms with Gasteiger partial charge in [0.1, 0.15) is 11.6 Å². The Labute approximate surface area is 323 Å². The van der Waals surface area contributed by atoms with Crippen LogP contribution in [0.4, 0.5) is 15.8 Å². The molecule has 2 aromatic carbocycles. The standard InChI is InChI=1S/C45H61FN6O2/c1-8-12-36(9-2)38-17-20-41(21-18-38)52-29-42(30-52)50(26-23-48-31-53)24-11-13-39-16-19-40(27-43(39)46)49-33(5)14-15-37-22-25-51(28-32(37)4)44(10-3)34(6)45(47)35(7)54/h9-10,14-21,27,31,36,42,49,54H,2-3,5,8,11-13,22-26,28-30,47H2,1,4,6-7H3,(H,48,53)/b15-14-,44-34+,45-35-.